The van der Waals surface area contributed by atoms with Gasteiger partial charge in [0.05, 0.1) is 13.2 Å². The van der Waals surface area contributed by atoms with E-state index < -0.39 is 162 Å². The van der Waals surface area contributed by atoms with E-state index in [9.17, 15) is 74.6 Å². The summed E-state index contributed by atoms with van der Waals surface area (Å²) in [6.45, 7) is 10.3. The van der Waals surface area contributed by atoms with Crippen LogP contribution < -0.4 is 0 Å². The molecule has 0 radical (unpaired) electrons. The van der Waals surface area contributed by atoms with Crippen molar-refractivity contribution in [3.05, 3.63) is 0 Å². The van der Waals surface area contributed by atoms with Gasteiger partial charge >= 0.3 is 31.7 Å². The third kappa shape index (κ3) is 51.2. The van der Waals surface area contributed by atoms with E-state index in [1.807, 2.05) is 0 Å². The minimum absolute atomic E-state index is 0.0192. The van der Waals surface area contributed by atoms with Crippen LogP contribution in [0.25, 0.3) is 0 Å². The van der Waals surface area contributed by atoms with Crippen LogP contribution in [0.1, 0.15) is 427 Å². The van der Waals surface area contributed by atoms with Crippen LogP contribution in [0.5, 0.6) is 0 Å². The Balaban J connectivity index is 1.92. The Morgan fingerprint density at radius 3 is 1.00 bits per heavy atom. The first kappa shape index (κ1) is 111. The molecule has 0 aromatic carbocycles. The summed E-state index contributed by atoms with van der Waals surface area (Å²) >= 11 is 0. The monoisotopic (exact) mass is 1720 g/mol. The normalized spacial score (nSPS) is 25.3. The highest BCUT2D eigenvalue weighted by Gasteiger charge is 2.60. The molecule has 1 aliphatic carbocycles. The Kier molecular flexibility index (Phi) is 65.6. The lowest BCUT2D eigenvalue weighted by Crippen LogP contribution is -2.70. The highest BCUT2D eigenvalue weighted by atomic mass is 31.2. The van der Waals surface area contributed by atoms with Gasteiger partial charge in [0.1, 0.15) is 92.6 Å². The molecule has 2 heterocycles. The lowest BCUT2D eigenvalue weighted by atomic mass is 9.84. The van der Waals surface area contributed by atoms with Crippen LogP contribution in [0.15, 0.2) is 0 Å². The van der Waals surface area contributed by atoms with E-state index in [-0.39, 0.29) is 25.7 Å². The van der Waals surface area contributed by atoms with Gasteiger partial charge in [-0.2, -0.15) is 0 Å². The Labute approximate surface area is 719 Å². The molecule has 10 N–H and O–H groups in total. The number of ether oxygens (including phenoxy) is 8. The summed E-state index contributed by atoms with van der Waals surface area (Å²) in [5.41, 5.74) is 0. The predicted octanol–water partition coefficient (Wildman–Crippen LogP) is 18.3. The van der Waals surface area contributed by atoms with Crippen LogP contribution in [-0.2, 0) is 70.7 Å². The molecule has 3 aliphatic rings. The molecule has 0 aromatic heterocycles. The highest BCUT2D eigenvalue weighted by Crippen LogP contribution is 2.49. The molecule has 2 saturated heterocycles. The molecule has 20 atom stereocenters. The van der Waals surface area contributed by atoms with Crippen molar-refractivity contribution in [1.82, 2.24) is 0 Å². The molecule has 0 bridgehead atoms. The SMILES string of the molecule is CCCCCCCCCCCCCCCCCC(=O)OCC1OC(OC2C(OC(=O)CCCCCCCCC(C)CCCCCCCC)C(O)C(O)C(OC3OC(CO)C(O)C(O)C3O)C2OP(=O)(O)OCC(COC(=O)CCCCCCCCCCCCCCC)OC(=O)CCCCCCCCC(C)CCCCCCCC)C(O)C(O)C1O. The number of hydrogen-bond donors (Lipinski definition) is 10. The van der Waals surface area contributed by atoms with Gasteiger partial charge < -0.3 is 88.7 Å². The van der Waals surface area contributed by atoms with Crippen LogP contribution in [0.3, 0.4) is 0 Å². The number of aliphatic hydroxyl groups excluding tert-OH is 9. The minimum atomic E-state index is -5.81. The number of unbranched alkanes of at least 4 members (excludes halogenated alkanes) is 46. The number of rotatable bonds is 78. The second-order valence-electron chi connectivity index (χ2n) is 35.5. The molecule has 0 amide bonds. The fourth-order valence-electron chi connectivity index (χ4n) is 16.5. The predicted molar refractivity (Wildman–Crippen MR) is 463 cm³/mol. The Morgan fingerprint density at radius 2 is 0.630 bits per heavy atom. The second-order valence-corrected chi connectivity index (χ2v) is 36.9. The van der Waals surface area contributed by atoms with Crippen molar-refractivity contribution >= 4 is 31.7 Å². The molecule has 1 saturated carbocycles. The van der Waals surface area contributed by atoms with E-state index in [4.69, 9.17) is 46.9 Å². The smallest absolute Gasteiger partial charge is 0.463 e. The van der Waals surface area contributed by atoms with Gasteiger partial charge in [-0.3, -0.25) is 28.2 Å². The van der Waals surface area contributed by atoms with Crippen molar-refractivity contribution in [2.24, 2.45) is 11.8 Å². The number of phosphoric acid groups is 1. The van der Waals surface area contributed by atoms with E-state index in [0.717, 1.165) is 128 Å². The maximum atomic E-state index is 14.9. The Morgan fingerprint density at radius 1 is 0.328 bits per heavy atom. The van der Waals surface area contributed by atoms with Gasteiger partial charge in [0.2, 0.25) is 0 Å². The zero-order chi connectivity index (χ0) is 87.1. The summed E-state index contributed by atoms with van der Waals surface area (Å²) < 4.78 is 73.6. The number of esters is 4. The summed E-state index contributed by atoms with van der Waals surface area (Å²) in [6, 6.07) is 0. The van der Waals surface area contributed by atoms with Crippen molar-refractivity contribution < 1.29 is 122 Å². The van der Waals surface area contributed by atoms with Gasteiger partial charge in [0, 0.05) is 25.7 Å². The largest absolute Gasteiger partial charge is 0.472 e. The summed E-state index contributed by atoms with van der Waals surface area (Å²) in [5.74, 6) is -1.65. The molecular formula is C93H175O25P. The average Bonchev–Trinajstić information content (AvgIpc) is 0.754. The van der Waals surface area contributed by atoms with Crippen LogP contribution in [-0.4, -0.2) is 205 Å². The molecule has 0 spiro atoms. The van der Waals surface area contributed by atoms with Crippen LogP contribution in [0.2, 0.25) is 0 Å². The molecule has 2 aliphatic heterocycles. The van der Waals surface area contributed by atoms with Gasteiger partial charge in [-0.1, -0.05) is 375 Å². The maximum Gasteiger partial charge on any atom is 0.472 e. The molecule has 3 rings (SSSR count). The van der Waals surface area contributed by atoms with E-state index in [1.54, 1.807) is 0 Å². The summed E-state index contributed by atoms with van der Waals surface area (Å²) in [5, 5.41) is 103. The third-order valence-electron chi connectivity index (χ3n) is 24.4. The molecule has 3 fully saturated rings. The van der Waals surface area contributed by atoms with E-state index in [1.165, 1.54) is 199 Å². The molecule has 25 nitrogen and oxygen atoms in total. The Hall–Kier alpha value is -2.53. The van der Waals surface area contributed by atoms with Crippen molar-refractivity contribution in [2.45, 2.75) is 531 Å². The molecule has 20 unspecified atom stereocenters. The van der Waals surface area contributed by atoms with Crippen molar-refractivity contribution in [3.63, 3.8) is 0 Å². The van der Waals surface area contributed by atoms with Gasteiger partial charge in [0.25, 0.3) is 0 Å². The molecular weight excluding hydrogens is 1550 g/mol. The Bertz CT molecular complexity index is 2500. The first-order chi connectivity index (χ1) is 57.5. The summed E-state index contributed by atoms with van der Waals surface area (Å²) in [7, 11) is -5.81. The fourth-order valence-corrected chi connectivity index (χ4v) is 17.5. The number of hydrogen-bond acceptors (Lipinski definition) is 24. The standard InChI is InChI=1S/C93H175O25P/c1-7-11-15-19-23-25-27-29-30-32-34-36-38-48-56-64-77(96)110-70-75-81(100)83(102)87(106)93(114-75)117-90-88(115-79(98)66-58-50-42-40-46-54-62-72(6)60-52-44-22-18-14-10-4)84(103)85(104)89(116-92-86(105)82(101)80(99)74(67-94)113-92)91(90)118-119(107,108)111-69-73(68-109-76(95)63-55-47-37-35-33-31-28-26-24-20-16-12-8-2)112-78(97)65-57-49-41-39-45-53-61-71(5)59-51-43-21-17-13-9-3/h71-75,80-94,99-106H,7-70H2,1-6H3,(H,107,108). The van der Waals surface area contributed by atoms with Crippen LogP contribution in [0, 0.1) is 11.8 Å². The first-order valence-corrected chi connectivity index (χ1v) is 50.0. The van der Waals surface area contributed by atoms with Gasteiger partial charge in [-0.25, -0.2) is 4.57 Å². The van der Waals surface area contributed by atoms with E-state index in [2.05, 4.69) is 41.5 Å². The number of carbonyl (C=O) groups excluding carboxylic acids is 4. The van der Waals surface area contributed by atoms with E-state index >= 15 is 0 Å². The molecule has 119 heavy (non-hydrogen) atoms. The minimum Gasteiger partial charge on any atom is -0.463 e. The lowest BCUT2D eigenvalue weighted by Gasteiger charge is -2.50. The van der Waals surface area contributed by atoms with Crippen molar-refractivity contribution in [2.75, 3.05) is 26.4 Å². The van der Waals surface area contributed by atoms with Crippen LogP contribution in [0.4, 0.5) is 0 Å². The van der Waals surface area contributed by atoms with Gasteiger partial charge in [0.15, 0.2) is 24.8 Å². The maximum absolute atomic E-state index is 14.9. The first-order valence-electron chi connectivity index (χ1n) is 48.6. The summed E-state index contributed by atoms with van der Waals surface area (Å²) in [4.78, 5) is 66.6. The fraction of sp³-hybridized carbons (Fsp3) is 0.957. The van der Waals surface area contributed by atoms with E-state index in [0.29, 0.717) is 43.9 Å². The summed E-state index contributed by atoms with van der Waals surface area (Å²) in [6.07, 6.45) is 25.2. The molecule has 0 aromatic rings. The lowest BCUT2D eigenvalue weighted by molar-refractivity contribution is -0.360. The average molecular weight is 1720 g/mol. The quantitative estimate of drug-likeness (QED) is 0.0117. The third-order valence-corrected chi connectivity index (χ3v) is 25.4. The van der Waals surface area contributed by atoms with Gasteiger partial charge in [-0.05, 0) is 37.5 Å². The van der Waals surface area contributed by atoms with Crippen LogP contribution >= 0.6 is 7.82 Å². The number of carbonyl (C=O) groups is 4. The number of phosphoric ester groups is 1. The van der Waals surface area contributed by atoms with Crippen molar-refractivity contribution in [3.8, 4) is 0 Å². The topological polar surface area (TPSA) is 380 Å². The second kappa shape index (κ2) is 70.5. The highest BCUT2D eigenvalue weighted by molar-refractivity contribution is 7.47. The zero-order valence-corrected chi connectivity index (χ0v) is 76.2. The number of aliphatic hydroxyl groups is 9. The van der Waals surface area contributed by atoms with Crippen molar-refractivity contribution in [1.29, 1.82) is 0 Å². The molecule has 702 valence electrons. The zero-order valence-electron chi connectivity index (χ0n) is 75.3. The molecule has 26 heteroatoms. The van der Waals surface area contributed by atoms with Gasteiger partial charge in [-0.15, -0.1) is 0 Å².